The monoisotopic (exact) mass is 234 g/mol. The Morgan fingerprint density at radius 1 is 1.38 bits per heavy atom. The van der Waals surface area contributed by atoms with Gasteiger partial charge in [0.25, 0.3) is 5.56 Å². The quantitative estimate of drug-likeness (QED) is 0.875. The molecule has 3 rings (SSSR count). The maximum atomic E-state index is 12.0. The summed E-state index contributed by atoms with van der Waals surface area (Å²) in [5.74, 6) is 0. The normalized spacial score (nSPS) is 15.8. The van der Waals surface area contributed by atoms with Gasteiger partial charge in [0.15, 0.2) is 0 Å². The summed E-state index contributed by atoms with van der Waals surface area (Å²) in [7, 11) is 0. The number of aromatic nitrogens is 1. The van der Waals surface area contributed by atoms with Crippen molar-refractivity contribution in [2.45, 2.75) is 25.4 Å². The number of fused-ring (bicyclic) bond motifs is 1. The van der Waals surface area contributed by atoms with Crippen LogP contribution in [0.25, 0.3) is 10.1 Å². The highest BCUT2D eigenvalue weighted by atomic mass is 32.1. The van der Waals surface area contributed by atoms with Crippen molar-refractivity contribution in [2.24, 2.45) is 0 Å². The lowest BCUT2D eigenvalue weighted by atomic mass is 10.3. The van der Waals surface area contributed by atoms with E-state index in [2.05, 4.69) is 5.32 Å². The number of rotatable bonds is 4. The third kappa shape index (κ3) is 1.90. The molecule has 0 aliphatic heterocycles. The van der Waals surface area contributed by atoms with Crippen LogP contribution in [0.2, 0.25) is 0 Å². The summed E-state index contributed by atoms with van der Waals surface area (Å²) in [6.45, 7) is 1.69. The zero-order chi connectivity index (χ0) is 11.0. The Balaban J connectivity index is 1.80. The summed E-state index contributed by atoms with van der Waals surface area (Å²) >= 11 is 1.56. The highest BCUT2D eigenvalue weighted by Crippen LogP contribution is 2.18. The lowest BCUT2D eigenvalue weighted by Gasteiger charge is -2.01. The van der Waals surface area contributed by atoms with Gasteiger partial charge in [-0.3, -0.25) is 8.75 Å². The van der Waals surface area contributed by atoms with Crippen LogP contribution in [-0.4, -0.2) is 16.5 Å². The molecule has 0 saturated heterocycles. The van der Waals surface area contributed by atoms with Crippen LogP contribution in [0.3, 0.4) is 0 Å². The van der Waals surface area contributed by atoms with Gasteiger partial charge in [0, 0.05) is 19.1 Å². The molecule has 2 aromatic rings. The molecule has 0 bridgehead atoms. The van der Waals surface area contributed by atoms with Gasteiger partial charge in [0.1, 0.15) is 0 Å². The zero-order valence-electron chi connectivity index (χ0n) is 8.98. The molecule has 1 aromatic heterocycles. The fraction of sp³-hybridized carbons (Fsp3) is 0.417. The van der Waals surface area contributed by atoms with Gasteiger partial charge in [-0.2, -0.15) is 0 Å². The van der Waals surface area contributed by atoms with Crippen LogP contribution >= 0.6 is 11.5 Å². The summed E-state index contributed by atoms with van der Waals surface area (Å²) in [4.78, 5) is 12.0. The van der Waals surface area contributed by atoms with Crippen molar-refractivity contribution in [1.29, 1.82) is 0 Å². The molecule has 1 saturated carbocycles. The van der Waals surface area contributed by atoms with Crippen molar-refractivity contribution >= 4 is 21.6 Å². The summed E-state index contributed by atoms with van der Waals surface area (Å²) in [6, 6.07) is 8.52. The van der Waals surface area contributed by atoms with Crippen molar-refractivity contribution in [1.82, 2.24) is 9.27 Å². The molecule has 1 aliphatic rings. The smallest absolute Gasteiger partial charge is 0.268 e. The largest absolute Gasteiger partial charge is 0.312 e. The first kappa shape index (κ1) is 10.1. The Morgan fingerprint density at radius 3 is 2.94 bits per heavy atom. The number of nitrogens with zero attached hydrogens (tertiary/aromatic N) is 1. The number of hydrogen-bond donors (Lipinski definition) is 1. The van der Waals surface area contributed by atoms with E-state index in [1.807, 2.05) is 28.2 Å². The van der Waals surface area contributed by atoms with Gasteiger partial charge in [0.2, 0.25) is 0 Å². The minimum absolute atomic E-state index is 0.151. The molecule has 0 spiro atoms. The molecule has 0 atom stereocenters. The van der Waals surface area contributed by atoms with E-state index >= 15 is 0 Å². The fourth-order valence-corrected chi connectivity index (χ4v) is 2.82. The van der Waals surface area contributed by atoms with Gasteiger partial charge in [-0.15, -0.1) is 0 Å². The summed E-state index contributed by atoms with van der Waals surface area (Å²) < 4.78 is 2.93. The van der Waals surface area contributed by atoms with Gasteiger partial charge in [-0.25, -0.2) is 0 Å². The van der Waals surface area contributed by atoms with E-state index < -0.39 is 0 Å². The van der Waals surface area contributed by atoms with Crippen LogP contribution in [0, 0.1) is 0 Å². The molecule has 0 radical (unpaired) electrons. The standard InChI is InChI=1S/C12H14N2OS/c15-12-10-3-1-2-4-11(10)16-14(12)8-7-13-9-5-6-9/h1-4,9,13H,5-8H2. The SMILES string of the molecule is O=c1c2ccccc2sn1CCNC1CC1. The topological polar surface area (TPSA) is 34.0 Å². The molecule has 1 aliphatic carbocycles. The Hall–Kier alpha value is -1.13. The lowest BCUT2D eigenvalue weighted by molar-refractivity contribution is 0.612. The van der Waals surface area contributed by atoms with Gasteiger partial charge >= 0.3 is 0 Å². The number of hydrogen-bond acceptors (Lipinski definition) is 3. The predicted octanol–water partition coefficient (Wildman–Crippen LogP) is 1.81. The average molecular weight is 234 g/mol. The minimum Gasteiger partial charge on any atom is -0.312 e. The Labute approximate surface area is 97.9 Å². The highest BCUT2D eigenvalue weighted by Gasteiger charge is 2.19. The van der Waals surface area contributed by atoms with Gasteiger partial charge in [-0.05, 0) is 25.0 Å². The van der Waals surface area contributed by atoms with Gasteiger partial charge in [0.05, 0.1) is 10.1 Å². The maximum absolute atomic E-state index is 12.0. The van der Waals surface area contributed by atoms with Gasteiger partial charge in [-0.1, -0.05) is 23.7 Å². The Kier molecular flexibility index (Phi) is 2.53. The van der Waals surface area contributed by atoms with E-state index in [1.54, 1.807) is 11.5 Å². The predicted molar refractivity (Wildman–Crippen MR) is 67.1 cm³/mol. The van der Waals surface area contributed by atoms with E-state index in [0.29, 0.717) is 6.04 Å². The molecule has 16 heavy (non-hydrogen) atoms. The molecule has 4 heteroatoms. The molecular weight excluding hydrogens is 220 g/mol. The van der Waals surface area contributed by atoms with E-state index in [0.717, 1.165) is 23.2 Å². The van der Waals surface area contributed by atoms with Crippen molar-refractivity contribution in [2.75, 3.05) is 6.54 Å². The lowest BCUT2D eigenvalue weighted by Crippen LogP contribution is -2.25. The first-order valence-corrected chi connectivity index (χ1v) is 6.44. The van der Waals surface area contributed by atoms with Crippen molar-refractivity contribution < 1.29 is 0 Å². The number of benzene rings is 1. The number of nitrogens with one attached hydrogen (secondary N) is 1. The fourth-order valence-electron chi connectivity index (χ4n) is 1.82. The van der Waals surface area contributed by atoms with Crippen LogP contribution in [0.15, 0.2) is 29.1 Å². The highest BCUT2D eigenvalue weighted by molar-refractivity contribution is 7.13. The third-order valence-electron chi connectivity index (χ3n) is 2.88. The van der Waals surface area contributed by atoms with Crippen molar-refractivity contribution in [3.8, 4) is 0 Å². The van der Waals surface area contributed by atoms with E-state index in [4.69, 9.17) is 0 Å². The summed E-state index contributed by atoms with van der Waals surface area (Å²) in [6.07, 6.45) is 2.59. The van der Waals surface area contributed by atoms with Crippen LogP contribution in [0.4, 0.5) is 0 Å². The Bertz CT molecular complexity index is 553. The maximum Gasteiger partial charge on any atom is 0.268 e. The first-order chi connectivity index (χ1) is 7.84. The average Bonchev–Trinajstić information content (AvgIpc) is 3.06. The molecule has 84 valence electrons. The molecule has 3 nitrogen and oxygen atoms in total. The van der Waals surface area contributed by atoms with Crippen LogP contribution in [0.5, 0.6) is 0 Å². The molecule has 0 unspecified atom stereocenters. The second-order valence-electron chi connectivity index (χ2n) is 4.22. The molecule has 1 fully saturated rings. The second kappa shape index (κ2) is 4.03. The Morgan fingerprint density at radius 2 is 2.19 bits per heavy atom. The van der Waals surface area contributed by atoms with Crippen LogP contribution in [0.1, 0.15) is 12.8 Å². The summed E-state index contributed by atoms with van der Waals surface area (Å²) in [5.41, 5.74) is 0.151. The minimum atomic E-state index is 0.151. The third-order valence-corrected chi connectivity index (χ3v) is 4.00. The van der Waals surface area contributed by atoms with Crippen LogP contribution in [-0.2, 0) is 6.54 Å². The molecule has 1 aromatic carbocycles. The summed E-state index contributed by atoms with van der Waals surface area (Å²) in [5, 5.41) is 4.27. The van der Waals surface area contributed by atoms with Crippen molar-refractivity contribution in [3.63, 3.8) is 0 Å². The van der Waals surface area contributed by atoms with E-state index in [9.17, 15) is 4.79 Å². The van der Waals surface area contributed by atoms with Crippen LogP contribution < -0.4 is 10.9 Å². The first-order valence-electron chi connectivity index (χ1n) is 5.67. The van der Waals surface area contributed by atoms with Gasteiger partial charge < -0.3 is 5.32 Å². The second-order valence-corrected chi connectivity index (χ2v) is 5.29. The zero-order valence-corrected chi connectivity index (χ0v) is 9.80. The molecular formula is C12H14N2OS. The molecule has 0 amide bonds. The van der Waals surface area contributed by atoms with E-state index in [-0.39, 0.29) is 5.56 Å². The molecule has 1 N–H and O–H groups in total. The van der Waals surface area contributed by atoms with Crippen molar-refractivity contribution in [3.05, 3.63) is 34.6 Å². The molecule has 1 heterocycles. The van der Waals surface area contributed by atoms with E-state index in [1.165, 1.54) is 12.8 Å².